The van der Waals surface area contributed by atoms with Crippen LogP contribution in [0.15, 0.2) is 49.1 Å². The zero-order valence-electron chi connectivity index (χ0n) is 9.32. The van der Waals surface area contributed by atoms with Crippen molar-refractivity contribution < 1.29 is 9.90 Å². The van der Waals surface area contributed by atoms with Crippen LogP contribution in [0.3, 0.4) is 0 Å². The molecule has 0 fully saturated rings. The van der Waals surface area contributed by atoms with Crippen molar-refractivity contribution in [1.82, 2.24) is 14.5 Å². The van der Waals surface area contributed by atoms with Gasteiger partial charge in [-0.2, -0.15) is 0 Å². The van der Waals surface area contributed by atoms with E-state index in [2.05, 4.69) is 9.97 Å². The van der Waals surface area contributed by atoms with E-state index in [9.17, 15) is 9.90 Å². The second-order valence-electron chi connectivity index (χ2n) is 3.80. The molecule has 2 aromatic heterocycles. The first-order chi connectivity index (χ1) is 8.77. The van der Waals surface area contributed by atoms with Crippen molar-refractivity contribution in [2.24, 2.45) is 0 Å². The van der Waals surface area contributed by atoms with Gasteiger partial charge in [-0.05, 0) is 12.1 Å². The number of para-hydroxylation sites is 1. The minimum Gasteiger partial charge on any atom is -0.478 e. The van der Waals surface area contributed by atoms with Crippen molar-refractivity contribution in [2.75, 3.05) is 0 Å². The molecule has 0 amide bonds. The molecule has 0 spiro atoms. The maximum atomic E-state index is 11.2. The van der Waals surface area contributed by atoms with E-state index in [-0.39, 0.29) is 5.56 Å². The first-order valence-corrected chi connectivity index (χ1v) is 5.37. The Balaban J connectivity index is 2.34. The first-order valence-electron chi connectivity index (χ1n) is 5.37. The number of carboxylic acid groups (broad SMARTS) is 1. The topological polar surface area (TPSA) is 68.0 Å². The van der Waals surface area contributed by atoms with Gasteiger partial charge >= 0.3 is 5.97 Å². The third-order valence-electron chi connectivity index (χ3n) is 2.76. The van der Waals surface area contributed by atoms with Crippen LogP contribution in [0.1, 0.15) is 10.4 Å². The monoisotopic (exact) mass is 239 g/mol. The summed E-state index contributed by atoms with van der Waals surface area (Å²) in [5, 5.41) is 9.89. The number of carboxylic acids is 1. The van der Waals surface area contributed by atoms with E-state index < -0.39 is 5.97 Å². The molecular formula is C13H9N3O2. The highest BCUT2D eigenvalue weighted by Crippen LogP contribution is 2.23. The molecule has 1 N–H and O–H groups in total. The van der Waals surface area contributed by atoms with Crippen LogP contribution >= 0.6 is 0 Å². The lowest BCUT2D eigenvalue weighted by molar-refractivity contribution is 0.0699. The molecule has 0 saturated carbocycles. The van der Waals surface area contributed by atoms with Crippen LogP contribution in [-0.2, 0) is 0 Å². The Morgan fingerprint density at radius 3 is 2.78 bits per heavy atom. The number of rotatable bonds is 2. The van der Waals surface area contributed by atoms with Crippen LogP contribution in [0.25, 0.3) is 16.7 Å². The molecule has 3 rings (SSSR count). The maximum absolute atomic E-state index is 11.2. The van der Waals surface area contributed by atoms with E-state index in [0.717, 1.165) is 5.52 Å². The highest BCUT2D eigenvalue weighted by molar-refractivity contribution is 6.03. The van der Waals surface area contributed by atoms with Crippen molar-refractivity contribution in [1.29, 1.82) is 0 Å². The van der Waals surface area contributed by atoms with Crippen LogP contribution in [0, 0.1) is 0 Å². The van der Waals surface area contributed by atoms with E-state index in [1.165, 1.54) is 6.33 Å². The van der Waals surface area contributed by atoms with Gasteiger partial charge in [0.05, 0.1) is 11.1 Å². The van der Waals surface area contributed by atoms with Gasteiger partial charge in [-0.3, -0.25) is 0 Å². The van der Waals surface area contributed by atoms with E-state index >= 15 is 0 Å². The molecule has 88 valence electrons. The minimum atomic E-state index is -0.945. The smallest absolute Gasteiger partial charge is 0.337 e. The first kappa shape index (κ1) is 10.5. The number of fused-ring (bicyclic) bond motifs is 1. The number of carbonyl (C=O) groups is 1. The van der Waals surface area contributed by atoms with E-state index in [1.807, 2.05) is 18.2 Å². The molecule has 0 saturated heterocycles. The zero-order valence-corrected chi connectivity index (χ0v) is 9.32. The van der Waals surface area contributed by atoms with Crippen LogP contribution in [0.5, 0.6) is 0 Å². The number of benzene rings is 1. The molecule has 1 aromatic carbocycles. The largest absolute Gasteiger partial charge is 0.478 e. The molecule has 0 atom stereocenters. The Kier molecular flexibility index (Phi) is 2.30. The Morgan fingerprint density at radius 2 is 2.06 bits per heavy atom. The van der Waals surface area contributed by atoms with Gasteiger partial charge in [-0.1, -0.05) is 18.2 Å². The predicted octanol–water partition coefficient (Wildman–Crippen LogP) is 2.12. The second kappa shape index (κ2) is 3.96. The fourth-order valence-corrected chi connectivity index (χ4v) is 1.97. The number of aromatic carboxylic acids is 1. The molecule has 0 bridgehead atoms. The van der Waals surface area contributed by atoms with Gasteiger partial charge in [0.1, 0.15) is 12.1 Å². The van der Waals surface area contributed by atoms with Crippen LogP contribution in [0.2, 0.25) is 0 Å². The Morgan fingerprint density at radius 1 is 1.22 bits per heavy atom. The van der Waals surface area contributed by atoms with Crippen LogP contribution < -0.4 is 0 Å². The van der Waals surface area contributed by atoms with Gasteiger partial charge in [0.15, 0.2) is 0 Å². The van der Waals surface area contributed by atoms with E-state index in [0.29, 0.717) is 11.2 Å². The third kappa shape index (κ3) is 1.53. The molecule has 2 heterocycles. The van der Waals surface area contributed by atoms with Gasteiger partial charge in [-0.25, -0.2) is 14.8 Å². The number of aromatic nitrogens is 3. The number of hydrogen-bond donors (Lipinski definition) is 1. The summed E-state index contributed by atoms with van der Waals surface area (Å²) < 4.78 is 1.75. The molecule has 0 radical (unpaired) electrons. The molecule has 0 aliphatic heterocycles. The van der Waals surface area contributed by atoms with Gasteiger partial charge in [0.2, 0.25) is 0 Å². The molecule has 0 unspecified atom stereocenters. The fourth-order valence-electron chi connectivity index (χ4n) is 1.97. The summed E-state index contributed by atoms with van der Waals surface area (Å²) in [7, 11) is 0. The second-order valence-corrected chi connectivity index (χ2v) is 3.80. The Bertz CT molecular complexity index is 719. The van der Waals surface area contributed by atoms with Crippen molar-refractivity contribution in [2.45, 2.75) is 0 Å². The summed E-state index contributed by atoms with van der Waals surface area (Å²) in [6.07, 6.45) is 4.64. The molecular weight excluding hydrogens is 230 g/mol. The maximum Gasteiger partial charge on any atom is 0.337 e. The van der Waals surface area contributed by atoms with Crippen molar-refractivity contribution in [3.63, 3.8) is 0 Å². The molecule has 18 heavy (non-hydrogen) atoms. The zero-order chi connectivity index (χ0) is 12.5. The summed E-state index contributed by atoms with van der Waals surface area (Å²) in [5.41, 5.74) is 1.08. The van der Waals surface area contributed by atoms with Gasteiger partial charge < -0.3 is 9.67 Å². The van der Waals surface area contributed by atoms with Gasteiger partial charge in [0, 0.05) is 17.8 Å². The van der Waals surface area contributed by atoms with Crippen LogP contribution in [0.4, 0.5) is 0 Å². The predicted molar refractivity (Wildman–Crippen MR) is 65.8 cm³/mol. The van der Waals surface area contributed by atoms with Crippen molar-refractivity contribution >= 4 is 16.9 Å². The molecule has 3 aromatic rings. The van der Waals surface area contributed by atoms with Crippen LogP contribution in [-0.4, -0.2) is 25.6 Å². The summed E-state index contributed by atoms with van der Waals surface area (Å²) in [6, 6.07) is 9.07. The standard InChI is InChI=1S/C13H9N3O2/c17-13(18)10-7-16(12-5-6-14-8-15-12)11-4-2-1-3-9(10)11/h1-8H,(H,17,18). The molecule has 5 heteroatoms. The van der Waals surface area contributed by atoms with E-state index in [1.54, 1.807) is 29.1 Å². The SMILES string of the molecule is O=C(O)c1cn(-c2ccncn2)c2ccccc12. The van der Waals surface area contributed by atoms with Gasteiger partial charge in [-0.15, -0.1) is 0 Å². The lowest BCUT2D eigenvalue weighted by Gasteiger charge is -2.02. The normalized spacial score (nSPS) is 10.7. The summed E-state index contributed by atoms with van der Waals surface area (Å²) in [6.45, 7) is 0. The van der Waals surface area contributed by atoms with Gasteiger partial charge in [0.25, 0.3) is 0 Å². The third-order valence-corrected chi connectivity index (χ3v) is 2.76. The lowest BCUT2D eigenvalue weighted by atomic mass is 10.2. The fraction of sp³-hybridized carbons (Fsp3) is 0. The lowest BCUT2D eigenvalue weighted by Crippen LogP contribution is -1.96. The number of hydrogen-bond acceptors (Lipinski definition) is 3. The molecule has 5 nitrogen and oxygen atoms in total. The average Bonchev–Trinajstić information content (AvgIpc) is 2.79. The highest BCUT2D eigenvalue weighted by Gasteiger charge is 2.14. The molecule has 0 aliphatic rings. The summed E-state index contributed by atoms with van der Waals surface area (Å²) in [5.74, 6) is -0.298. The average molecular weight is 239 g/mol. The quantitative estimate of drug-likeness (QED) is 0.743. The Labute approximate surface area is 102 Å². The Hall–Kier alpha value is -2.69. The van der Waals surface area contributed by atoms with Crippen molar-refractivity contribution in [3.8, 4) is 5.82 Å². The highest BCUT2D eigenvalue weighted by atomic mass is 16.4. The summed E-state index contributed by atoms with van der Waals surface area (Å²) in [4.78, 5) is 19.2. The van der Waals surface area contributed by atoms with Crippen molar-refractivity contribution in [3.05, 3.63) is 54.6 Å². The summed E-state index contributed by atoms with van der Waals surface area (Å²) >= 11 is 0. The molecule has 0 aliphatic carbocycles. The van der Waals surface area contributed by atoms with E-state index in [4.69, 9.17) is 0 Å². The minimum absolute atomic E-state index is 0.268. The number of nitrogens with zero attached hydrogens (tertiary/aromatic N) is 3.